The largest absolute Gasteiger partial charge is 0.418 e. The third-order valence-corrected chi connectivity index (χ3v) is 5.62. The van der Waals surface area contributed by atoms with E-state index < -0.39 is 22.9 Å². The van der Waals surface area contributed by atoms with E-state index in [4.69, 9.17) is 0 Å². The van der Waals surface area contributed by atoms with Crippen molar-refractivity contribution >= 4 is 22.4 Å². The molecule has 2 heterocycles. The van der Waals surface area contributed by atoms with Crippen LogP contribution in [0.1, 0.15) is 11.1 Å². The van der Waals surface area contributed by atoms with Gasteiger partial charge < -0.3 is 14.9 Å². The van der Waals surface area contributed by atoms with Crippen LogP contribution >= 0.6 is 0 Å². The predicted molar refractivity (Wildman–Crippen MR) is 132 cm³/mol. The molecule has 0 aliphatic rings. The number of hydrogen-bond donors (Lipinski definition) is 3. The number of halogens is 3. The summed E-state index contributed by atoms with van der Waals surface area (Å²) in [7, 11) is 0. The third kappa shape index (κ3) is 4.61. The molecule has 7 nitrogen and oxygen atoms in total. The van der Waals surface area contributed by atoms with Gasteiger partial charge in [0.2, 0.25) is 0 Å². The highest BCUT2D eigenvalue weighted by Crippen LogP contribution is 2.36. The topological polar surface area (TPSA) is 83.8 Å². The van der Waals surface area contributed by atoms with Crippen molar-refractivity contribution in [3.05, 3.63) is 123 Å². The van der Waals surface area contributed by atoms with Crippen LogP contribution in [0, 0.1) is 0 Å². The summed E-state index contributed by atoms with van der Waals surface area (Å²) in [6, 6.07) is 21.8. The lowest BCUT2D eigenvalue weighted by Gasteiger charge is -2.18. The first-order chi connectivity index (χ1) is 17.3. The van der Waals surface area contributed by atoms with Crippen LogP contribution in [0.3, 0.4) is 0 Å². The molecule has 0 radical (unpaired) electrons. The number of nitrogens with zero attached hydrogens (tertiary/aromatic N) is 2. The summed E-state index contributed by atoms with van der Waals surface area (Å²) >= 11 is 0. The molecule has 0 spiro atoms. The molecule has 0 saturated heterocycles. The number of anilines is 2. The fourth-order valence-corrected chi connectivity index (χ4v) is 3.90. The van der Waals surface area contributed by atoms with Gasteiger partial charge in [-0.3, -0.25) is 15.0 Å². The predicted octanol–water partition coefficient (Wildman–Crippen LogP) is 4.99. The summed E-state index contributed by atoms with van der Waals surface area (Å²) < 4.78 is 44.5. The molecule has 0 bridgehead atoms. The fraction of sp³-hybridized carbons (Fsp3) is 0.0769. The maximum Gasteiger partial charge on any atom is 0.418 e. The number of H-pyrrole nitrogens is 1. The van der Waals surface area contributed by atoms with Crippen molar-refractivity contribution in [1.82, 2.24) is 14.2 Å². The minimum absolute atomic E-state index is 0.0871. The van der Waals surface area contributed by atoms with Crippen molar-refractivity contribution in [2.45, 2.75) is 12.7 Å². The summed E-state index contributed by atoms with van der Waals surface area (Å²) in [5.41, 5.74) is 1.79. The van der Waals surface area contributed by atoms with Crippen molar-refractivity contribution < 1.29 is 13.2 Å². The van der Waals surface area contributed by atoms with Crippen LogP contribution < -0.4 is 21.9 Å². The summed E-state index contributed by atoms with van der Waals surface area (Å²) in [5, 5.41) is 3.22. The quantitative estimate of drug-likeness (QED) is 0.293. The van der Waals surface area contributed by atoms with Crippen LogP contribution in [-0.2, 0) is 12.7 Å². The van der Waals surface area contributed by atoms with E-state index in [-0.39, 0.29) is 16.7 Å². The summed E-state index contributed by atoms with van der Waals surface area (Å²) in [6.07, 6.45) is -1.59. The van der Waals surface area contributed by atoms with Crippen LogP contribution in [0.5, 0.6) is 0 Å². The number of nitrogens with one attached hydrogen (secondary N) is 3. The normalized spacial score (nSPS) is 11.5. The molecular weight excluding hydrogens is 471 g/mol. The molecule has 0 unspecified atom stereocenters. The molecule has 3 aromatic carbocycles. The monoisotopic (exact) mass is 491 g/mol. The zero-order chi connectivity index (χ0) is 25.3. The van der Waals surface area contributed by atoms with Crippen molar-refractivity contribution in [3.63, 3.8) is 0 Å². The Morgan fingerprint density at radius 3 is 2.19 bits per heavy atom. The lowest BCUT2D eigenvalue weighted by molar-refractivity contribution is -0.137. The van der Waals surface area contributed by atoms with E-state index in [1.165, 1.54) is 16.8 Å². The van der Waals surface area contributed by atoms with Gasteiger partial charge in [-0.25, -0.2) is 4.68 Å². The number of rotatable bonds is 6. The average Bonchev–Trinajstić information content (AvgIpc) is 3.35. The maximum absolute atomic E-state index is 14.1. The van der Waals surface area contributed by atoms with Crippen molar-refractivity contribution in [2.75, 3.05) is 10.7 Å². The maximum atomic E-state index is 14.1. The smallest absolute Gasteiger partial charge is 0.381 e. The van der Waals surface area contributed by atoms with Crippen LogP contribution in [0.15, 0.2) is 101 Å². The van der Waals surface area contributed by atoms with Gasteiger partial charge in [-0.1, -0.05) is 36.4 Å². The van der Waals surface area contributed by atoms with Gasteiger partial charge in [0, 0.05) is 24.6 Å². The van der Waals surface area contributed by atoms with Gasteiger partial charge in [-0.2, -0.15) is 13.2 Å². The molecule has 0 amide bonds. The van der Waals surface area contributed by atoms with E-state index >= 15 is 0 Å². The standard InChI is InChI=1S/C26H20F3N5O2/c27-26(28,29)20-13-21-23(34(25(36)24(35)31-21)32-19-9-5-2-6-10-19)14-22(20)33-12-11-17(16-33)15-30-18-7-3-1-4-8-18/h1-14,16,30,32H,15H2,(H,31,35). The molecule has 36 heavy (non-hydrogen) atoms. The third-order valence-electron chi connectivity index (χ3n) is 5.62. The first kappa shape index (κ1) is 23.0. The zero-order valence-corrected chi connectivity index (χ0v) is 18.7. The fourth-order valence-electron chi connectivity index (χ4n) is 3.90. The molecular formula is C26H20F3N5O2. The van der Waals surface area contributed by atoms with Crippen LogP contribution in [-0.4, -0.2) is 14.2 Å². The summed E-state index contributed by atoms with van der Waals surface area (Å²) in [4.78, 5) is 27.2. The second-order valence-electron chi connectivity index (χ2n) is 8.10. The number of benzene rings is 3. The Morgan fingerprint density at radius 1 is 0.861 bits per heavy atom. The molecule has 10 heteroatoms. The number of hydrogen-bond acceptors (Lipinski definition) is 4. The minimum Gasteiger partial charge on any atom is -0.381 e. The van der Waals surface area contributed by atoms with Crippen LogP contribution in [0.2, 0.25) is 0 Å². The second-order valence-corrected chi connectivity index (χ2v) is 8.10. The second kappa shape index (κ2) is 9.14. The van der Waals surface area contributed by atoms with E-state index in [0.717, 1.165) is 22.0 Å². The number of alkyl halides is 3. The van der Waals surface area contributed by atoms with E-state index in [1.807, 2.05) is 30.3 Å². The zero-order valence-electron chi connectivity index (χ0n) is 18.7. The van der Waals surface area contributed by atoms with E-state index in [9.17, 15) is 22.8 Å². The van der Waals surface area contributed by atoms with Gasteiger partial charge in [0.1, 0.15) is 0 Å². The van der Waals surface area contributed by atoms with Gasteiger partial charge in [0.15, 0.2) is 0 Å². The van der Waals surface area contributed by atoms with Crippen molar-refractivity contribution in [1.29, 1.82) is 0 Å². The van der Waals surface area contributed by atoms with Crippen LogP contribution in [0.4, 0.5) is 24.5 Å². The highest BCUT2D eigenvalue weighted by molar-refractivity contribution is 5.80. The lowest BCUT2D eigenvalue weighted by atomic mass is 10.1. The highest BCUT2D eigenvalue weighted by atomic mass is 19.4. The number of fused-ring (bicyclic) bond motifs is 1. The van der Waals surface area contributed by atoms with Gasteiger partial charge in [-0.05, 0) is 48.0 Å². The van der Waals surface area contributed by atoms with E-state index in [2.05, 4.69) is 15.7 Å². The molecule has 0 saturated carbocycles. The average molecular weight is 491 g/mol. The Morgan fingerprint density at radius 2 is 1.53 bits per heavy atom. The Labute approximate surface area is 202 Å². The Hall–Kier alpha value is -4.73. The molecule has 3 N–H and O–H groups in total. The first-order valence-electron chi connectivity index (χ1n) is 11.0. The lowest BCUT2D eigenvalue weighted by Crippen LogP contribution is -2.39. The van der Waals surface area contributed by atoms with Crippen LogP contribution in [0.25, 0.3) is 16.7 Å². The molecule has 0 fully saturated rings. The number of aromatic amines is 1. The molecule has 5 rings (SSSR count). The highest BCUT2D eigenvalue weighted by Gasteiger charge is 2.35. The number of aromatic nitrogens is 3. The van der Waals surface area contributed by atoms with Crippen molar-refractivity contribution in [3.8, 4) is 5.69 Å². The van der Waals surface area contributed by atoms with Gasteiger partial charge >= 0.3 is 17.3 Å². The molecule has 0 aliphatic carbocycles. The molecule has 5 aromatic rings. The SMILES string of the molecule is O=c1[nH]c2cc(C(F)(F)F)c(-n3ccc(CNc4ccccc4)c3)cc2n(Nc2ccccc2)c1=O. The molecule has 2 aromatic heterocycles. The summed E-state index contributed by atoms with van der Waals surface area (Å²) in [5.74, 6) is 0. The Balaban J connectivity index is 1.61. The van der Waals surface area contributed by atoms with Crippen molar-refractivity contribution in [2.24, 2.45) is 0 Å². The molecule has 0 atom stereocenters. The molecule has 182 valence electrons. The van der Waals surface area contributed by atoms with Gasteiger partial charge in [0.05, 0.1) is 28.0 Å². The summed E-state index contributed by atoms with van der Waals surface area (Å²) in [6.45, 7) is 0.402. The molecule has 0 aliphatic heterocycles. The van der Waals surface area contributed by atoms with E-state index in [0.29, 0.717) is 12.2 Å². The van der Waals surface area contributed by atoms with Gasteiger partial charge in [-0.15, -0.1) is 0 Å². The first-order valence-corrected chi connectivity index (χ1v) is 11.0. The Bertz CT molecular complexity index is 1640. The van der Waals surface area contributed by atoms with Gasteiger partial charge in [0.25, 0.3) is 0 Å². The Kier molecular flexibility index (Phi) is 5.85. The van der Waals surface area contributed by atoms with E-state index in [1.54, 1.807) is 42.6 Å². The number of para-hydroxylation sites is 2. The minimum atomic E-state index is -4.71.